The molecule has 0 bridgehead atoms. The highest BCUT2D eigenvalue weighted by Crippen LogP contribution is 2.30. The Morgan fingerprint density at radius 2 is 1.84 bits per heavy atom. The van der Waals surface area contributed by atoms with E-state index >= 15 is 0 Å². The molecule has 2 aromatic rings. The van der Waals surface area contributed by atoms with Gasteiger partial charge in [0, 0.05) is 5.56 Å². The number of hydrogen-bond donors (Lipinski definition) is 2. The van der Waals surface area contributed by atoms with Crippen LogP contribution in [-0.2, 0) is 6.61 Å². The summed E-state index contributed by atoms with van der Waals surface area (Å²) in [4.78, 5) is 0. The Morgan fingerprint density at radius 3 is 2.42 bits per heavy atom. The molecule has 0 radical (unpaired) electrons. The summed E-state index contributed by atoms with van der Waals surface area (Å²) in [5.74, 6) is 0.553. The smallest absolute Gasteiger partial charge is 0.133 e. The molecule has 0 aliphatic carbocycles. The number of ether oxygens (including phenoxy) is 1. The van der Waals surface area contributed by atoms with Crippen LogP contribution in [0.25, 0.3) is 0 Å². The standard InChI is InChI=1S/C15H15FO3/c1-10(18)14-8-12(16)4-7-15(14)19-13-5-2-11(9-17)3-6-13/h2-8,10,17-18H,9H2,1H3. The van der Waals surface area contributed by atoms with E-state index in [1.165, 1.54) is 18.2 Å². The van der Waals surface area contributed by atoms with Gasteiger partial charge in [-0.2, -0.15) is 0 Å². The van der Waals surface area contributed by atoms with Gasteiger partial charge in [0.15, 0.2) is 0 Å². The molecule has 0 amide bonds. The van der Waals surface area contributed by atoms with Gasteiger partial charge in [0.05, 0.1) is 12.7 Å². The number of benzene rings is 2. The normalized spacial score (nSPS) is 12.2. The Labute approximate surface area is 110 Å². The fraction of sp³-hybridized carbons (Fsp3) is 0.200. The van der Waals surface area contributed by atoms with E-state index in [4.69, 9.17) is 9.84 Å². The largest absolute Gasteiger partial charge is 0.457 e. The number of aliphatic hydroxyl groups is 2. The minimum Gasteiger partial charge on any atom is -0.457 e. The Kier molecular flexibility index (Phi) is 4.14. The fourth-order valence-corrected chi connectivity index (χ4v) is 1.73. The molecule has 2 N–H and O–H groups in total. The summed E-state index contributed by atoms with van der Waals surface area (Å²) < 4.78 is 18.8. The summed E-state index contributed by atoms with van der Waals surface area (Å²) in [6.45, 7) is 1.52. The van der Waals surface area contributed by atoms with Crippen LogP contribution in [0.3, 0.4) is 0 Å². The van der Waals surface area contributed by atoms with Crippen LogP contribution >= 0.6 is 0 Å². The zero-order valence-corrected chi connectivity index (χ0v) is 10.5. The Morgan fingerprint density at radius 1 is 1.16 bits per heavy atom. The van der Waals surface area contributed by atoms with Crippen molar-refractivity contribution < 1.29 is 19.3 Å². The van der Waals surface area contributed by atoms with E-state index in [0.29, 0.717) is 17.1 Å². The first-order valence-corrected chi connectivity index (χ1v) is 5.95. The van der Waals surface area contributed by atoms with Crippen molar-refractivity contribution >= 4 is 0 Å². The third-order valence-corrected chi connectivity index (χ3v) is 2.76. The minimum absolute atomic E-state index is 0.0320. The van der Waals surface area contributed by atoms with Crippen molar-refractivity contribution in [3.63, 3.8) is 0 Å². The van der Waals surface area contributed by atoms with Crippen molar-refractivity contribution in [1.82, 2.24) is 0 Å². The second-order valence-corrected chi connectivity index (χ2v) is 4.26. The van der Waals surface area contributed by atoms with E-state index in [9.17, 15) is 9.50 Å². The molecule has 2 rings (SSSR count). The van der Waals surface area contributed by atoms with Crippen molar-refractivity contribution in [2.45, 2.75) is 19.6 Å². The van der Waals surface area contributed by atoms with Gasteiger partial charge in [0.2, 0.25) is 0 Å². The third-order valence-electron chi connectivity index (χ3n) is 2.76. The lowest BCUT2D eigenvalue weighted by Crippen LogP contribution is -1.97. The van der Waals surface area contributed by atoms with Gasteiger partial charge in [-0.25, -0.2) is 4.39 Å². The third kappa shape index (κ3) is 3.30. The summed E-state index contributed by atoms with van der Waals surface area (Å²) in [5, 5.41) is 18.6. The van der Waals surface area contributed by atoms with Gasteiger partial charge in [-0.3, -0.25) is 0 Å². The summed E-state index contributed by atoms with van der Waals surface area (Å²) in [6, 6.07) is 10.9. The summed E-state index contributed by atoms with van der Waals surface area (Å²) in [6.07, 6.45) is -0.817. The van der Waals surface area contributed by atoms with Gasteiger partial charge in [-0.15, -0.1) is 0 Å². The molecule has 0 saturated carbocycles. The lowest BCUT2D eigenvalue weighted by atomic mass is 10.1. The second kappa shape index (κ2) is 5.82. The molecule has 1 atom stereocenters. The van der Waals surface area contributed by atoms with Crippen molar-refractivity contribution in [1.29, 1.82) is 0 Å². The lowest BCUT2D eigenvalue weighted by Gasteiger charge is -2.13. The topological polar surface area (TPSA) is 49.7 Å². The summed E-state index contributed by atoms with van der Waals surface area (Å²) >= 11 is 0. The minimum atomic E-state index is -0.817. The van der Waals surface area contributed by atoms with Crippen LogP contribution in [0, 0.1) is 5.82 Å². The first-order chi connectivity index (χ1) is 9.10. The van der Waals surface area contributed by atoms with Crippen LogP contribution in [0.2, 0.25) is 0 Å². The Hall–Kier alpha value is -1.91. The predicted octanol–water partition coefficient (Wildman–Crippen LogP) is 3.16. The Bertz CT molecular complexity index is 550. The molecule has 0 spiro atoms. The molecule has 2 aromatic carbocycles. The quantitative estimate of drug-likeness (QED) is 0.889. The maximum Gasteiger partial charge on any atom is 0.133 e. The zero-order chi connectivity index (χ0) is 13.8. The van der Waals surface area contributed by atoms with Crippen molar-refractivity contribution in [2.75, 3.05) is 0 Å². The van der Waals surface area contributed by atoms with E-state index in [0.717, 1.165) is 5.56 Å². The fourth-order valence-electron chi connectivity index (χ4n) is 1.73. The number of rotatable bonds is 4. The maximum atomic E-state index is 13.2. The van der Waals surface area contributed by atoms with Crippen LogP contribution in [0.15, 0.2) is 42.5 Å². The van der Waals surface area contributed by atoms with E-state index in [2.05, 4.69) is 0 Å². The van der Waals surface area contributed by atoms with Crippen LogP contribution in [0.5, 0.6) is 11.5 Å². The first-order valence-electron chi connectivity index (χ1n) is 5.95. The van der Waals surface area contributed by atoms with Gasteiger partial charge >= 0.3 is 0 Å². The van der Waals surface area contributed by atoms with Crippen molar-refractivity contribution in [2.24, 2.45) is 0 Å². The van der Waals surface area contributed by atoms with Gasteiger partial charge in [0.25, 0.3) is 0 Å². The number of hydrogen-bond acceptors (Lipinski definition) is 3. The molecule has 0 aliphatic heterocycles. The molecular weight excluding hydrogens is 247 g/mol. The Balaban J connectivity index is 2.26. The molecule has 0 fully saturated rings. The summed E-state index contributed by atoms with van der Waals surface area (Å²) in [7, 11) is 0. The van der Waals surface area contributed by atoms with Crippen LogP contribution in [0.4, 0.5) is 4.39 Å². The zero-order valence-electron chi connectivity index (χ0n) is 10.5. The highest BCUT2D eigenvalue weighted by atomic mass is 19.1. The average Bonchev–Trinajstić information content (AvgIpc) is 2.41. The summed E-state index contributed by atoms with van der Waals surface area (Å²) in [5.41, 5.74) is 1.17. The second-order valence-electron chi connectivity index (χ2n) is 4.26. The van der Waals surface area contributed by atoms with E-state index < -0.39 is 11.9 Å². The number of aliphatic hydroxyl groups excluding tert-OH is 2. The molecule has 3 nitrogen and oxygen atoms in total. The van der Waals surface area contributed by atoms with Gasteiger partial charge in [-0.1, -0.05) is 12.1 Å². The van der Waals surface area contributed by atoms with Gasteiger partial charge in [-0.05, 0) is 42.8 Å². The van der Waals surface area contributed by atoms with Gasteiger partial charge < -0.3 is 14.9 Å². The molecule has 1 unspecified atom stereocenters. The van der Waals surface area contributed by atoms with Gasteiger partial charge in [0.1, 0.15) is 17.3 Å². The van der Waals surface area contributed by atoms with Crippen LogP contribution in [0.1, 0.15) is 24.2 Å². The molecular formula is C15H15FO3. The van der Waals surface area contributed by atoms with Crippen LogP contribution in [-0.4, -0.2) is 10.2 Å². The highest BCUT2D eigenvalue weighted by molar-refractivity contribution is 5.39. The van der Waals surface area contributed by atoms with Crippen LogP contribution < -0.4 is 4.74 Å². The predicted molar refractivity (Wildman–Crippen MR) is 69.5 cm³/mol. The van der Waals surface area contributed by atoms with Crippen molar-refractivity contribution in [3.05, 3.63) is 59.4 Å². The van der Waals surface area contributed by atoms with E-state index in [1.54, 1.807) is 31.2 Å². The first kappa shape index (κ1) is 13.5. The van der Waals surface area contributed by atoms with E-state index in [1.807, 2.05) is 0 Å². The highest BCUT2D eigenvalue weighted by Gasteiger charge is 2.11. The average molecular weight is 262 g/mol. The molecule has 19 heavy (non-hydrogen) atoms. The maximum absolute atomic E-state index is 13.2. The molecule has 100 valence electrons. The molecule has 0 aliphatic rings. The molecule has 0 aromatic heterocycles. The molecule has 4 heteroatoms. The molecule has 0 heterocycles. The molecule has 0 saturated heterocycles. The number of halogens is 1. The SMILES string of the molecule is CC(O)c1cc(F)ccc1Oc1ccc(CO)cc1. The van der Waals surface area contributed by atoms with Crippen molar-refractivity contribution in [3.8, 4) is 11.5 Å². The van der Waals surface area contributed by atoms with E-state index in [-0.39, 0.29) is 6.61 Å². The lowest BCUT2D eigenvalue weighted by molar-refractivity contribution is 0.195. The monoisotopic (exact) mass is 262 g/mol.